The molecule has 1 atom stereocenters. The Bertz CT molecular complexity index is 621. The van der Waals surface area contributed by atoms with Crippen molar-refractivity contribution < 1.29 is 17.9 Å². The smallest absolute Gasteiger partial charge is 0.407 e. The van der Waals surface area contributed by atoms with Crippen molar-refractivity contribution in [2.45, 2.75) is 37.2 Å². The van der Waals surface area contributed by atoms with Crippen LogP contribution in [-0.2, 0) is 14.6 Å². The van der Waals surface area contributed by atoms with Gasteiger partial charge in [0.2, 0.25) is 0 Å². The normalized spacial score (nSPS) is 13.5. The molecule has 3 N–H and O–H groups in total. The number of hydrogen-bond acceptors (Lipinski definition) is 5. The number of hydrogen-bond donors (Lipinski definition) is 2. The van der Waals surface area contributed by atoms with Crippen molar-refractivity contribution in [3.8, 4) is 0 Å². The monoisotopic (exact) mass is 328 g/mol. The molecule has 0 aliphatic carbocycles. The summed E-state index contributed by atoms with van der Waals surface area (Å²) in [7, 11) is -3.36. The Labute approximate surface area is 132 Å². The van der Waals surface area contributed by atoms with Crippen molar-refractivity contribution in [1.29, 1.82) is 0 Å². The molecule has 7 heteroatoms. The SMILES string of the molecule is CC(C)(C)OC(=O)NCC(CN)c1ccccc1S(C)(=O)=O. The fourth-order valence-corrected chi connectivity index (χ4v) is 2.99. The van der Waals surface area contributed by atoms with Crippen LogP contribution in [0.4, 0.5) is 4.79 Å². The average Bonchev–Trinajstić information content (AvgIpc) is 2.36. The standard InChI is InChI=1S/C15H24N2O4S/c1-15(2,3)21-14(18)17-10-11(9-16)12-7-5-6-8-13(12)22(4,19)20/h5-8,11H,9-10,16H2,1-4H3,(H,17,18). The lowest BCUT2D eigenvalue weighted by Crippen LogP contribution is -2.36. The van der Waals surface area contributed by atoms with E-state index in [0.717, 1.165) is 6.26 Å². The summed E-state index contributed by atoms with van der Waals surface area (Å²) in [4.78, 5) is 11.9. The summed E-state index contributed by atoms with van der Waals surface area (Å²) in [6.07, 6.45) is 0.601. The Kier molecular flexibility index (Phi) is 5.96. The van der Waals surface area contributed by atoms with E-state index in [4.69, 9.17) is 10.5 Å². The molecule has 0 spiro atoms. The van der Waals surface area contributed by atoms with Gasteiger partial charge in [-0.05, 0) is 32.4 Å². The van der Waals surface area contributed by atoms with E-state index in [2.05, 4.69) is 5.32 Å². The average molecular weight is 328 g/mol. The first-order valence-electron chi connectivity index (χ1n) is 7.00. The van der Waals surface area contributed by atoms with Crippen LogP contribution in [0.2, 0.25) is 0 Å². The third-order valence-corrected chi connectivity index (χ3v) is 4.11. The van der Waals surface area contributed by atoms with Crippen LogP contribution in [0.5, 0.6) is 0 Å². The summed E-state index contributed by atoms with van der Waals surface area (Å²) in [5, 5.41) is 2.63. The van der Waals surface area contributed by atoms with Gasteiger partial charge in [0.1, 0.15) is 5.60 Å². The first kappa shape index (κ1) is 18.4. The highest BCUT2D eigenvalue weighted by Gasteiger charge is 2.21. The Hall–Kier alpha value is -1.60. The van der Waals surface area contributed by atoms with Crippen LogP contribution in [0.15, 0.2) is 29.2 Å². The second kappa shape index (κ2) is 7.11. The molecular weight excluding hydrogens is 304 g/mol. The van der Waals surface area contributed by atoms with Gasteiger partial charge in [-0.3, -0.25) is 0 Å². The second-order valence-electron chi connectivity index (χ2n) is 6.13. The van der Waals surface area contributed by atoms with Gasteiger partial charge < -0.3 is 15.8 Å². The molecule has 0 heterocycles. The van der Waals surface area contributed by atoms with E-state index in [1.54, 1.807) is 45.0 Å². The predicted molar refractivity (Wildman–Crippen MR) is 85.6 cm³/mol. The maximum absolute atomic E-state index is 11.8. The molecule has 1 rings (SSSR count). The number of sulfone groups is 1. The van der Waals surface area contributed by atoms with E-state index < -0.39 is 21.5 Å². The number of nitrogens with one attached hydrogen (secondary N) is 1. The molecule has 0 saturated carbocycles. The minimum absolute atomic E-state index is 0.206. The third kappa shape index (κ3) is 5.65. The first-order valence-corrected chi connectivity index (χ1v) is 8.89. The number of carbonyl (C=O) groups is 1. The second-order valence-corrected chi connectivity index (χ2v) is 8.11. The van der Waals surface area contributed by atoms with Crippen LogP contribution in [0.1, 0.15) is 32.3 Å². The molecule has 0 aliphatic rings. The van der Waals surface area contributed by atoms with Gasteiger partial charge in [-0.2, -0.15) is 0 Å². The molecule has 0 bridgehead atoms. The molecular formula is C15H24N2O4S. The van der Waals surface area contributed by atoms with Crippen molar-refractivity contribution >= 4 is 15.9 Å². The maximum Gasteiger partial charge on any atom is 0.407 e. The maximum atomic E-state index is 11.8. The third-order valence-electron chi connectivity index (χ3n) is 2.93. The molecule has 1 amide bonds. The van der Waals surface area contributed by atoms with Crippen molar-refractivity contribution in [2.75, 3.05) is 19.3 Å². The number of rotatable bonds is 5. The molecule has 0 aromatic heterocycles. The predicted octanol–water partition coefficient (Wildman–Crippen LogP) is 1.66. The number of amides is 1. The molecule has 0 aliphatic heterocycles. The number of carbonyl (C=O) groups excluding carboxylic acids is 1. The summed E-state index contributed by atoms with van der Waals surface area (Å²) in [6.45, 7) is 5.73. The van der Waals surface area contributed by atoms with Gasteiger partial charge in [0.25, 0.3) is 0 Å². The van der Waals surface area contributed by atoms with Gasteiger partial charge in [-0.1, -0.05) is 18.2 Å². The van der Waals surface area contributed by atoms with Gasteiger partial charge in [-0.25, -0.2) is 13.2 Å². The van der Waals surface area contributed by atoms with E-state index in [-0.39, 0.29) is 23.9 Å². The molecule has 0 fully saturated rings. The van der Waals surface area contributed by atoms with Gasteiger partial charge in [0.15, 0.2) is 9.84 Å². The van der Waals surface area contributed by atoms with Gasteiger partial charge in [0, 0.05) is 25.3 Å². The zero-order valence-electron chi connectivity index (χ0n) is 13.4. The van der Waals surface area contributed by atoms with Crippen molar-refractivity contribution in [3.63, 3.8) is 0 Å². The molecule has 0 saturated heterocycles. The lowest BCUT2D eigenvalue weighted by molar-refractivity contribution is 0.0524. The summed E-state index contributed by atoms with van der Waals surface area (Å²) in [5.74, 6) is -0.307. The summed E-state index contributed by atoms with van der Waals surface area (Å²) in [5.41, 5.74) is 5.75. The highest BCUT2D eigenvalue weighted by molar-refractivity contribution is 7.90. The van der Waals surface area contributed by atoms with Gasteiger partial charge in [0.05, 0.1) is 4.90 Å². The van der Waals surface area contributed by atoms with E-state index in [1.165, 1.54) is 0 Å². The van der Waals surface area contributed by atoms with E-state index in [1.807, 2.05) is 0 Å². The topological polar surface area (TPSA) is 98.5 Å². The number of ether oxygens (including phenoxy) is 1. The molecule has 1 aromatic rings. The number of alkyl carbamates (subject to hydrolysis) is 1. The minimum Gasteiger partial charge on any atom is -0.444 e. The molecule has 1 aromatic carbocycles. The first-order chi connectivity index (χ1) is 10.0. The van der Waals surface area contributed by atoms with E-state index >= 15 is 0 Å². The van der Waals surface area contributed by atoms with Crippen molar-refractivity contribution in [1.82, 2.24) is 5.32 Å². The van der Waals surface area contributed by atoms with Crippen LogP contribution in [0.3, 0.4) is 0 Å². The highest BCUT2D eigenvalue weighted by atomic mass is 32.2. The van der Waals surface area contributed by atoms with Crippen LogP contribution >= 0.6 is 0 Å². The van der Waals surface area contributed by atoms with Crippen molar-refractivity contribution in [3.05, 3.63) is 29.8 Å². The van der Waals surface area contributed by atoms with Gasteiger partial charge >= 0.3 is 6.09 Å². The van der Waals surface area contributed by atoms with Crippen LogP contribution in [0.25, 0.3) is 0 Å². The molecule has 22 heavy (non-hydrogen) atoms. The lowest BCUT2D eigenvalue weighted by Gasteiger charge is -2.22. The molecule has 0 radical (unpaired) electrons. The highest BCUT2D eigenvalue weighted by Crippen LogP contribution is 2.23. The largest absolute Gasteiger partial charge is 0.444 e. The number of benzene rings is 1. The Balaban J connectivity index is 2.88. The molecule has 124 valence electrons. The van der Waals surface area contributed by atoms with Crippen LogP contribution in [0, 0.1) is 0 Å². The fraction of sp³-hybridized carbons (Fsp3) is 0.533. The molecule has 6 nitrogen and oxygen atoms in total. The lowest BCUT2D eigenvalue weighted by atomic mass is 9.99. The van der Waals surface area contributed by atoms with Crippen molar-refractivity contribution in [2.24, 2.45) is 5.73 Å². The molecule has 1 unspecified atom stereocenters. The van der Waals surface area contributed by atoms with Crippen LogP contribution < -0.4 is 11.1 Å². The minimum atomic E-state index is -3.36. The Morgan fingerprint density at radius 1 is 1.32 bits per heavy atom. The number of nitrogens with two attached hydrogens (primary N) is 1. The summed E-state index contributed by atoms with van der Waals surface area (Å²) < 4.78 is 28.9. The fourth-order valence-electron chi connectivity index (χ4n) is 2.00. The van der Waals surface area contributed by atoms with E-state index in [0.29, 0.717) is 5.56 Å². The zero-order valence-corrected chi connectivity index (χ0v) is 14.2. The summed E-state index contributed by atoms with van der Waals surface area (Å²) in [6, 6.07) is 6.67. The Morgan fingerprint density at radius 3 is 2.41 bits per heavy atom. The summed E-state index contributed by atoms with van der Waals surface area (Å²) >= 11 is 0. The van der Waals surface area contributed by atoms with E-state index in [9.17, 15) is 13.2 Å². The quantitative estimate of drug-likeness (QED) is 0.856. The van der Waals surface area contributed by atoms with Gasteiger partial charge in [-0.15, -0.1) is 0 Å². The van der Waals surface area contributed by atoms with Crippen LogP contribution in [-0.4, -0.2) is 39.5 Å². The zero-order chi connectivity index (χ0) is 17.0. The Morgan fingerprint density at radius 2 is 1.91 bits per heavy atom.